The minimum Gasteiger partial charge on any atom is -0.392 e. The van der Waals surface area contributed by atoms with Crippen LogP contribution >= 0.6 is 0 Å². The van der Waals surface area contributed by atoms with Gasteiger partial charge in [0.15, 0.2) is 0 Å². The molecule has 0 aromatic carbocycles. The Hall–Kier alpha value is -0.640. The van der Waals surface area contributed by atoms with Crippen molar-refractivity contribution in [3.8, 4) is 0 Å². The van der Waals surface area contributed by atoms with Crippen molar-refractivity contribution in [3.05, 3.63) is 24.3 Å². The van der Waals surface area contributed by atoms with Crippen LogP contribution in [0.15, 0.2) is 24.3 Å². The fourth-order valence-corrected chi connectivity index (χ4v) is 10.4. The fraction of sp³-hybridized carbons (Fsp3) is 0.871. The lowest BCUT2D eigenvalue weighted by Crippen LogP contribution is -2.65. The second-order valence-corrected chi connectivity index (χ2v) is 14.6. The van der Waals surface area contributed by atoms with Gasteiger partial charge in [0.1, 0.15) is 0 Å². The van der Waals surface area contributed by atoms with E-state index < -0.39 is 5.60 Å². The largest absolute Gasteiger partial charge is 0.392 e. The van der Waals surface area contributed by atoms with Crippen molar-refractivity contribution in [1.29, 1.82) is 0 Å². The maximum absolute atomic E-state index is 11.0. The van der Waals surface area contributed by atoms with Gasteiger partial charge in [-0.3, -0.25) is 0 Å². The van der Waals surface area contributed by atoms with Crippen LogP contribution in [0.5, 0.6) is 0 Å². The Morgan fingerprint density at radius 1 is 1.06 bits per heavy atom. The molecule has 4 aliphatic carbocycles. The molecule has 10 atom stereocenters. The first-order valence-electron chi connectivity index (χ1n) is 14.1. The SMILES string of the molecule is CC1O[C@]23C=C[C@@H]4[C@@]1(CC[C@]1(C)[C@@H]([C@H](C)C/C=C/C(C)(C)O)CC[C@@]41C)[C@@H]2CC[C@H](O)C3(C)C. The van der Waals surface area contributed by atoms with Gasteiger partial charge in [-0.1, -0.05) is 58.9 Å². The molecule has 0 aromatic rings. The quantitative estimate of drug-likeness (QED) is 0.450. The number of ether oxygens (including phenoxy) is 1. The molecular formula is C31H50O3. The van der Waals surface area contributed by atoms with Gasteiger partial charge >= 0.3 is 0 Å². The summed E-state index contributed by atoms with van der Waals surface area (Å²) >= 11 is 0. The summed E-state index contributed by atoms with van der Waals surface area (Å²) in [6, 6.07) is 0. The van der Waals surface area contributed by atoms with Crippen molar-refractivity contribution >= 4 is 0 Å². The Labute approximate surface area is 208 Å². The van der Waals surface area contributed by atoms with Crippen LogP contribution in [0.4, 0.5) is 0 Å². The summed E-state index contributed by atoms with van der Waals surface area (Å²) in [6.45, 7) is 18.2. The number of hydrogen-bond donors (Lipinski definition) is 2. The van der Waals surface area contributed by atoms with E-state index in [9.17, 15) is 10.2 Å². The molecule has 3 nitrogen and oxygen atoms in total. The van der Waals surface area contributed by atoms with E-state index in [1.54, 1.807) is 0 Å². The van der Waals surface area contributed by atoms with E-state index >= 15 is 0 Å². The summed E-state index contributed by atoms with van der Waals surface area (Å²) in [4.78, 5) is 0. The molecule has 1 saturated heterocycles. The van der Waals surface area contributed by atoms with Crippen LogP contribution in [0.25, 0.3) is 0 Å². The predicted octanol–water partition coefficient (Wildman–Crippen LogP) is 6.68. The van der Waals surface area contributed by atoms with Gasteiger partial charge in [0.2, 0.25) is 0 Å². The van der Waals surface area contributed by atoms with Crippen molar-refractivity contribution in [3.63, 3.8) is 0 Å². The Bertz CT molecular complexity index is 882. The summed E-state index contributed by atoms with van der Waals surface area (Å²) in [5.74, 6) is 2.39. The average Bonchev–Trinajstić information content (AvgIpc) is 3.09. The van der Waals surface area contributed by atoms with E-state index in [1.165, 1.54) is 25.7 Å². The molecule has 3 saturated carbocycles. The third-order valence-electron chi connectivity index (χ3n) is 12.6. The number of hydrogen-bond acceptors (Lipinski definition) is 3. The first kappa shape index (κ1) is 25.0. The van der Waals surface area contributed by atoms with Gasteiger partial charge in [-0.15, -0.1) is 0 Å². The Morgan fingerprint density at radius 2 is 1.76 bits per heavy atom. The maximum Gasteiger partial charge on any atom is 0.0976 e. The van der Waals surface area contributed by atoms with Crippen LogP contribution in [0, 0.1) is 45.3 Å². The number of aliphatic hydroxyl groups excluding tert-OH is 1. The molecule has 1 heterocycles. The van der Waals surface area contributed by atoms with Crippen molar-refractivity contribution in [1.82, 2.24) is 0 Å². The number of allylic oxidation sites excluding steroid dienone is 2. The fourth-order valence-electron chi connectivity index (χ4n) is 10.4. The van der Waals surface area contributed by atoms with Crippen LogP contribution in [-0.2, 0) is 4.74 Å². The van der Waals surface area contributed by atoms with E-state index in [-0.39, 0.29) is 34.1 Å². The summed E-state index contributed by atoms with van der Waals surface area (Å²) in [5.41, 5.74) is -0.520. The minimum atomic E-state index is -0.732. The van der Waals surface area contributed by atoms with E-state index in [2.05, 4.69) is 59.8 Å². The molecule has 1 unspecified atom stereocenters. The molecule has 34 heavy (non-hydrogen) atoms. The van der Waals surface area contributed by atoms with Gasteiger partial charge in [-0.05, 0) is 94.3 Å². The highest BCUT2D eigenvalue weighted by atomic mass is 16.5. The van der Waals surface area contributed by atoms with Crippen LogP contribution in [-0.4, -0.2) is 33.6 Å². The highest BCUT2D eigenvalue weighted by Gasteiger charge is 2.77. The monoisotopic (exact) mass is 470 g/mol. The molecular weight excluding hydrogens is 420 g/mol. The first-order valence-corrected chi connectivity index (χ1v) is 14.1. The van der Waals surface area contributed by atoms with Crippen LogP contribution in [0.1, 0.15) is 100 Å². The highest BCUT2D eigenvalue weighted by molar-refractivity contribution is 5.35. The third kappa shape index (κ3) is 2.93. The normalized spacial score (nSPS) is 52.4. The van der Waals surface area contributed by atoms with Crippen LogP contribution < -0.4 is 0 Å². The molecule has 5 rings (SSSR count). The maximum atomic E-state index is 11.0. The van der Waals surface area contributed by atoms with Gasteiger partial charge in [0.25, 0.3) is 0 Å². The van der Waals surface area contributed by atoms with Gasteiger partial charge < -0.3 is 14.9 Å². The zero-order valence-corrected chi connectivity index (χ0v) is 23.0. The molecule has 192 valence electrons. The lowest BCUT2D eigenvalue weighted by molar-refractivity contribution is -0.170. The van der Waals surface area contributed by atoms with E-state index in [0.29, 0.717) is 29.1 Å². The summed E-state index contributed by atoms with van der Waals surface area (Å²) in [6.07, 6.45) is 17.3. The number of rotatable bonds is 4. The third-order valence-corrected chi connectivity index (χ3v) is 12.6. The van der Waals surface area contributed by atoms with E-state index in [0.717, 1.165) is 19.3 Å². The summed E-state index contributed by atoms with van der Waals surface area (Å²) in [7, 11) is 0. The zero-order chi connectivity index (χ0) is 24.9. The Kier molecular flexibility index (Phi) is 5.48. The molecule has 3 heteroatoms. The van der Waals surface area contributed by atoms with Gasteiger partial charge in [-0.25, -0.2) is 0 Å². The topological polar surface area (TPSA) is 49.7 Å². The molecule has 4 fully saturated rings. The van der Waals surface area contributed by atoms with Crippen LogP contribution in [0.2, 0.25) is 0 Å². The average molecular weight is 471 g/mol. The lowest BCUT2D eigenvalue weighted by Gasteiger charge is -2.65. The minimum absolute atomic E-state index is 0.194. The molecule has 2 bridgehead atoms. The first-order chi connectivity index (χ1) is 15.7. The van der Waals surface area contributed by atoms with E-state index in [4.69, 9.17) is 4.74 Å². The van der Waals surface area contributed by atoms with Gasteiger partial charge in [0, 0.05) is 16.7 Å². The van der Waals surface area contributed by atoms with Crippen molar-refractivity contribution in [2.75, 3.05) is 0 Å². The molecule has 1 aliphatic heterocycles. The molecule has 0 radical (unpaired) electrons. The van der Waals surface area contributed by atoms with Crippen molar-refractivity contribution < 1.29 is 14.9 Å². The molecule has 0 amide bonds. The summed E-state index contributed by atoms with van der Waals surface area (Å²) in [5, 5.41) is 21.1. The number of aliphatic hydroxyl groups is 2. The molecule has 5 aliphatic rings. The second-order valence-electron chi connectivity index (χ2n) is 14.6. The molecule has 1 spiro atoms. The van der Waals surface area contributed by atoms with Gasteiger partial charge in [0.05, 0.1) is 23.4 Å². The van der Waals surface area contributed by atoms with Crippen molar-refractivity contribution in [2.24, 2.45) is 45.3 Å². The van der Waals surface area contributed by atoms with E-state index in [1.807, 2.05) is 19.9 Å². The van der Waals surface area contributed by atoms with Gasteiger partial charge in [-0.2, -0.15) is 0 Å². The standard InChI is InChI=1S/C31H50O3/c1-20(10-9-15-26(3,4)33)22-13-16-29(8)23-14-17-31-24(11-12-25(32)27(31,5)6)30(23,21(2)34-31)19-18-28(22,29)7/h9,14-15,17,20-25,32-33H,10-13,16,18-19H2,1-8H3/b15-9+/t20-,21?,22-,23+,24+,25+,28-,29+,30+,31-/m1/s1. The molecule has 2 N–H and O–H groups in total. The smallest absolute Gasteiger partial charge is 0.0976 e. The van der Waals surface area contributed by atoms with Crippen LogP contribution in [0.3, 0.4) is 0 Å². The Morgan fingerprint density at radius 3 is 2.44 bits per heavy atom. The highest BCUT2D eigenvalue weighted by Crippen LogP contribution is 2.78. The summed E-state index contributed by atoms with van der Waals surface area (Å²) < 4.78 is 7.03. The Balaban J connectivity index is 1.50. The lowest BCUT2D eigenvalue weighted by atomic mass is 9.37. The zero-order valence-electron chi connectivity index (χ0n) is 23.0. The molecule has 0 aromatic heterocycles. The predicted molar refractivity (Wildman–Crippen MR) is 138 cm³/mol. The second kappa shape index (κ2) is 7.45. The number of fused-ring (bicyclic) bond motifs is 2. The van der Waals surface area contributed by atoms with Crippen molar-refractivity contribution in [2.45, 2.75) is 124 Å².